The first kappa shape index (κ1) is 21.4. The average Bonchev–Trinajstić information content (AvgIpc) is 3.32. The summed E-state index contributed by atoms with van der Waals surface area (Å²) in [5.41, 5.74) is 4.43. The summed E-state index contributed by atoms with van der Waals surface area (Å²) in [6.45, 7) is 7.83. The summed E-state index contributed by atoms with van der Waals surface area (Å²) in [7, 11) is 0. The number of nitrogens with zero attached hydrogens (tertiary/aromatic N) is 4. The molecule has 0 saturated carbocycles. The van der Waals surface area contributed by atoms with Crippen LogP contribution in [0.1, 0.15) is 51.7 Å². The van der Waals surface area contributed by atoms with Crippen molar-refractivity contribution in [2.45, 2.75) is 40.3 Å². The molecule has 7 nitrogen and oxygen atoms in total. The predicted octanol–water partition coefficient (Wildman–Crippen LogP) is 4.54. The van der Waals surface area contributed by atoms with Gasteiger partial charge in [-0.2, -0.15) is 0 Å². The lowest BCUT2D eigenvalue weighted by molar-refractivity contribution is 0.0934. The molecule has 0 spiro atoms. The third-order valence-electron chi connectivity index (χ3n) is 5.41. The van der Waals surface area contributed by atoms with Crippen LogP contribution in [0.25, 0.3) is 11.5 Å². The monoisotopic (exact) mass is 433 g/mol. The van der Waals surface area contributed by atoms with Crippen molar-refractivity contribution in [3.63, 3.8) is 0 Å². The molecular formula is C24H24FN5O2. The molecule has 2 heterocycles. The van der Waals surface area contributed by atoms with Crippen molar-refractivity contribution in [3.8, 4) is 11.5 Å². The Labute approximate surface area is 185 Å². The Hall–Kier alpha value is -3.81. The zero-order valence-corrected chi connectivity index (χ0v) is 18.4. The van der Waals surface area contributed by atoms with Crippen LogP contribution in [0.15, 0.2) is 52.9 Å². The number of carbonyl (C=O) groups is 1. The van der Waals surface area contributed by atoms with E-state index < -0.39 is 0 Å². The van der Waals surface area contributed by atoms with Gasteiger partial charge in [0, 0.05) is 5.56 Å². The highest BCUT2D eigenvalue weighted by Crippen LogP contribution is 2.23. The minimum atomic E-state index is -0.345. The highest BCUT2D eigenvalue weighted by molar-refractivity contribution is 5.93. The van der Waals surface area contributed by atoms with E-state index in [9.17, 15) is 9.18 Å². The minimum absolute atomic E-state index is 0.235. The lowest BCUT2D eigenvalue weighted by atomic mass is 10.1. The maximum atomic E-state index is 13.1. The van der Waals surface area contributed by atoms with E-state index in [4.69, 9.17) is 4.42 Å². The molecule has 164 valence electrons. The van der Waals surface area contributed by atoms with E-state index in [1.807, 2.05) is 45.0 Å². The number of benzene rings is 2. The molecule has 0 fully saturated rings. The molecule has 0 aliphatic rings. The highest BCUT2D eigenvalue weighted by atomic mass is 19.1. The Balaban J connectivity index is 1.49. The van der Waals surface area contributed by atoms with Gasteiger partial charge in [-0.15, -0.1) is 5.10 Å². The molecular weight excluding hydrogens is 409 g/mol. The third kappa shape index (κ3) is 4.44. The number of halogens is 1. The molecule has 4 rings (SSSR count). The molecule has 0 saturated heterocycles. The summed E-state index contributed by atoms with van der Waals surface area (Å²) < 4.78 is 20.6. The van der Waals surface area contributed by atoms with Crippen LogP contribution in [-0.4, -0.2) is 25.9 Å². The van der Waals surface area contributed by atoms with E-state index in [2.05, 4.69) is 20.6 Å². The number of carbonyl (C=O) groups excluding carboxylic acids is 1. The molecule has 1 unspecified atom stereocenters. The van der Waals surface area contributed by atoms with E-state index in [0.29, 0.717) is 23.9 Å². The van der Waals surface area contributed by atoms with Gasteiger partial charge in [-0.25, -0.2) is 14.1 Å². The predicted molar refractivity (Wildman–Crippen MR) is 118 cm³/mol. The summed E-state index contributed by atoms with van der Waals surface area (Å²) >= 11 is 0. The smallest absolute Gasteiger partial charge is 0.274 e. The Morgan fingerprint density at radius 2 is 1.78 bits per heavy atom. The Bertz CT molecular complexity index is 1240. The van der Waals surface area contributed by atoms with E-state index >= 15 is 0 Å². The van der Waals surface area contributed by atoms with Crippen molar-refractivity contribution >= 4 is 5.91 Å². The van der Waals surface area contributed by atoms with Gasteiger partial charge in [-0.3, -0.25) is 4.79 Å². The summed E-state index contributed by atoms with van der Waals surface area (Å²) in [6, 6.07) is 13.7. The summed E-state index contributed by atoms with van der Waals surface area (Å²) in [5.74, 6) is 0.565. The summed E-state index contributed by atoms with van der Waals surface area (Å²) in [6.07, 6.45) is 0. The molecule has 0 aliphatic carbocycles. The van der Waals surface area contributed by atoms with Gasteiger partial charge in [0.2, 0.25) is 5.89 Å². The number of nitrogens with one attached hydrogen (secondary N) is 1. The van der Waals surface area contributed by atoms with E-state index in [-0.39, 0.29) is 23.5 Å². The van der Waals surface area contributed by atoms with Crippen molar-refractivity contribution < 1.29 is 13.6 Å². The molecule has 0 aliphatic heterocycles. The number of hydrogen-bond donors (Lipinski definition) is 1. The van der Waals surface area contributed by atoms with Crippen LogP contribution in [-0.2, 0) is 6.54 Å². The number of aryl methyl sites for hydroxylation is 2. The van der Waals surface area contributed by atoms with Crippen LogP contribution in [0.3, 0.4) is 0 Å². The van der Waals surface area contributed by atoms with Crippen LogP contribution in [0.5, 0.6) is 0 Å². The molecule has 0 radical (unpaired) electrons. The van der Waals surface area contributed by atoms with E-state index in [1.54, 1.807) is 23.7 Å². The van der Waals surface area contributed by atoms with Gasteiger partial charge < -0.3 is 9.73 Å². The van der Waals surface area contributed by atoms with Gasteiger partial charge in [-0.1, -0.05) is 35.0 Å². The zero-order chi connectivity index (χ0) is 22.8. The zero-order valence-electron chi connectivity index (χ0n) is 18.4. The van der Waals surface area contributed by atoms with Crippen molar-refractivity contribution in [1.29, 1.82) is 0 Å². The highest BCUT2D eigenvalue weighted by Gasteiger charge is 2.20. The maximum absolute atomic E-state index is 13.1. The van der Waals surface area contributed by atoms with Crippen LogP contribution in [0, 0.1) is 26.6 Å². The summed E-state index contributed by atoms with van der Waals surface area (Å²) in [5, 5.41) is 11.1. The Kier molecular flexibility index (Phi) is 5.85. The van der Waals surface area contributed by atoms with Gasteiger partial charge in [0.15, 0.2) is 5.69 Å². The van der Waals surface area contributed by atoms with Crippen LogP contribution in [0.2, 0.25) is 0 Å². The molecule has 2 aromatic heterocycles. The second kappa shape index (κ2) is 8.74. The second-order valence-corrected chi connectivity index (χ2v) is 7.82. The lowest BCUT2D eigenvalue weighted by Crippen LogP contribution is -2.27. The van der Waals surface area contributed by atoms with E-state index in [1.165, 1.54) is 12.1 Å². The fraction of sp³-hybridized carbons (Fsp3) is 0.250. The third-order valence-corrected chi connectivity index (χ3v) is 5.41. The van der Waals surface area contributed by atoms with E-state index in [0.717, 1.165) is 22.4 Å². The number of hydrogen-bond acceptors (Lipinski definition) is 5. The van der Waals surface area contributed by atoms with Crippen molar-refractivity contribution in [2.24, 2.45) is 0 Å². The van der Waals surface area contributed by atoms with Gasteiger partial charge >= 0.3 is 0 Å². The van der Waals surface area contributed by atoms with Crippen molar-refractivity contribution in [3.05, 3.63) is 88.3 Å². The molecule has 8 heteroatoms. The van der Waals surface area contributed by atoms with Gasteiger partial charge in [0.05, 0.1) is 18.3 Å². The standard InChI is InChI=1S/C24H24FN5O2/c1-14-5-7-19(8-6-14)24-27-21(17(4)32-24)13-30-16(3)22(28-29-30)23(31)26-15(2)18-9-11-20(25)12-10-18/h5-12,15H,13H2,1-4H3,(H,26,31). The average molecular weight is 433 g/mol. The molecule has 4 aromatic rings. The second-order valence-electron chi connectivity index (χ2n) is 7.82. The van der Waals surface area contributed by atoms with Crippen LogP contribution in [0.4, 0.5) is 4.39 Å². The normalized spacial score (nSPS) is 12.0. The van der Waals surface area contributed by atoms with Gasteiger partial charge in [0.25, 0.3) is 5.91 Å². The van der Waals surface area contributed by atoms with Crippen molar-refractivity contribution in [1.82, 2.24) is 25.3 Å². The maximum Gasteiger partial charge on any atom is 0.274 e. The number of aromatic nitrogens is 4. The number of oxazole rings is 1. The number of rotatable bonds is 6. The van der Waals surface area contributed by atoms with Gasteiger partial charge in [-0.05, 0) is 57.5 Å². The van der Waals surface area contributed by atoms with Gasteiger partial charge in [0.1, 0.15) is 17.3 Å². The first-order valence-corrected chi connectivity index (χ1v) is 10.3. The Morgan fingerprint density at radius 1 is 1.09 bits per heavy atom. The summed E-state index contributed by atoms with van der Waals surface area (Å²) in [4.78, 5) is 17.3. The minimum Gasteiger partial charge on any atom is -0.441 e. The largest absolute Gasteiger partial charge is 0.441 e. The molecule has 32 heavy (non-hydrogen) atoms. The SMILES string of the molecule is Cc1ccc(-c2nc(Cn3nnc(C(=O)NC(C)c4ccc(F)cc4)c3C)c(C)o2)cc1. The molecule has 1 atom stereocenters. The lowest BCUT2D eigenvalue weighted by Gasteiger charge is -2.13. The topological polar surface area (TPSA) is 85.8 Å². The van der Waals surface area contributed by atoms with Crippen LogP contribution < -0.4 is 5.32 Å². The first-order valence-electron chi connectivity index (χ1n) is 10.3. The molecule has 2 aromatic carbocycles. The molecule has 0 bridgehead atoms. The van der Waals surface area contributed by atoms with Crippen LogP contribution >= 0.6 is 0 Å². The van der Waals surface area contributed by atoms with Crippen molar-refractivity contribution in [2.75, 3.05) is 0 Å². The fourth-order valence-corrected chi connectivity index (χ4v) is 3.36. The first-order chi connectivity index (χ1) is 15.3. The molecule has 1 N–H and O–H groups in total. The molecule has 1 amide bonds. The Morgan fingerprint density at radius 3 is 2.47 bits per heavy atom. The number of amides is 1. The fourth-order valence-electron chi connectivity index (χ4n) is 3.36. The quantitative estimate of drug-likeness (QED) is 0.483.